The van der Waals surface area contributed by atoms with Crippen LogP contribution in [0.1, 0.15) is 356 Å². The molecule has 0 saturated carbocycles. The quantitative estimate of drug-likeness (QED) is 0.0343. The minimum Gasteiger partial charge on any atom is -0.462 e. The first kappa shape index (κ1) is 67.4. The third kappa shape index (κ3) is 57.2. The first-order chi connectivity index (χ1) is 33.7. The Labute approximate surface area is 431 Å². The lowest BCUT2D eigenvalue weighted by molar-refractivity contribution is -0.167. The van der Waals surface area contributed by atoms with Crippen LogP contribution in [-0.2, 0) is 28.6 Å². The van der Waals surface area contributed by atoms with Crippen LogP contribution >= 0.6 is 0 Å². The van der Waals surface area contributed by atoms with Crippen molar-refractivity contribution >= 4 is 17.9 Å². The number of esters is 3. The van der Waals surface area contributed by atoms with Gasteiger partial charge in [0.25, 0.3) is 0 Å². The molecule has 0 radical (unpaired) electrons. The van der Waals surface area contributed by atoms with E-state index in [1.165, 1.54) is 244 Å². The third-order valence-corrected chi connectivity index (χ3v) is 14.5. The Morgan fingerprint density at radius 3 is 0.710 bits per heavy atom. The van der Waals surface area contributed by atoms with Gasteiger partial charge in [-0.05, 0) is 31.1 Å². The minimum atomic E-state index is -0.762. The molecule has 69 heavy (non-hydrogen) atoms. The van der Waals surface area contributed by atoms with Crippen molar-refractivity contribution in [3.63, 3.8) is 0 Å². The second kappa shape index (κ2) is 55.7. The SMILES string of the molecule is CCCCCCCCCCCCCC(=O)O[C@H](COC(=O)CCCCCCCCCCCCCCCCCCCCC(C)C)COC(=O)CCCCCCCCCCCCCCCCCCC(C)C. The van der Waals surface area contributed by atoms with Crippen LogP contribution in [0.3, 0.4) is 0 Å². The summed E-state index contributed by atoms with van der Waals surface area (Å²) in [6.07, 6.45) is 61.1. The summed E-state index contributed by atoms with van der Waals surface area (Å²) < 4.78 is 16.9. The van der Waals surface area contributed by atoms with E-state index in [1.54, 1.807) is 0 Å². The van der Waals surface area contributed by atoms with Gasteiger partial charge in [0, 0.05) is 19.3 Å². The zero-order chi connectivity index (χ0) is 50.4. The highest BCUT2D eigenvalue weighted by molar-refractivity contribution is 5.71. The van der Waals surface area contributed by atoms with E-state index in [4.69, 9.17) is 14.2 Å². The van der Waals surface area contributed by atoms with E-state index in [2.05, 4.69) is 34.6 Å². The van der Waals surface area contributed by atoms with Gasteiger partial charge in [-0.25, -0.2) is 0 Å². The van der Waals surface area contributed by atoms with Gasteiger partial charge in [0.05, 0.1) is 0 Å². The van der Waals surface area contributed by atoms with Crippen LogP contribution in [0.4, 0.5) is 0 Å². The zero-order valence-electron chi connectivity index (χ0n) is 47.5. The van der Waals surface area contributed by atoms with Gasteiger partial charge in [0.2, 0.25) is 0 Å². The Bertz CT molecular complexity index is 1060. The van der Waals surface area contributed by atoms with Crippen molar-refractivity contribution in [1.82, 2.24) is 0 Å². The fourth-order valence-electron chi connectivity index (χ4n) is 9.76. The van der Waals surface area contributed by atoms with E-state index in [1.807, 2.05) is 0 Å². The maximum atomic E-state index is 12.8. The molecule has 0 aromatic carbocycles. The molecule has 0 rings (SSSR count). The van der Waals surface area contributed by atoms with Gasteiger partial charge in [-0.2, -0.15) is 0 Å². The Morgan fingerprint density at radius 2 is 0.478 bits per heavy atom. The van der Waals surface area contributed by atoms with E-state index in [0.29, 0.717) is 19.3 Å². The van der Waals surface area contributed by atoms with E-state index in [-0.39, 0.29) is 31.1 Å². The molecule has 0 aromatic rings. The average Bonchev–Trinajstić information content (AvgIpc) is 3.32. The second-order valence-corrected chi connectivity index (χ2v) is 22.6. The first-order valence-electron chi connectivity index (χ1n) is 31.2. The van der Waals surface area contributed by atoms with Crippen molar-refractivity contribution in [2.45, 2.75) is 362 Å². The van der Waals surface area contributed by atoms with Gasteiger partial charge >= 0.3 is 17.9 Å². The van der Waals surface area contributed by atoms with Gasteiger partial charge in [-0.1, -0.05) is 317 Å². The molecule has 0 bridgehead atoms. The molecule has 0 fully saturated rings. The van der Waals surface area contributed by atoms with Crippen LogP contribution < -0.4 is 0 Å². The molecule has 410 valence electrons. The Kier molecular flexibility index (Phi) is 54.4. The molecule has 0 aliphatic rings. The molecule has 0 aromatic heterocycles. The molecule has 0 heterocycles. The van der Waals surface area contributed by atoms with Gasteiger partial charge in [0.15, 0.2) is 6.10 Å². The summed E-state index contributed by atoms with van der Waals surface area (Å²) in [5, 5.41) is 0. The van der Waals surface area contributed by atoms with Crippen LogP contribution in [0.5, 0.6) is 0 Å². The molecule has 0 unspecified atom stereocenters. The topological polar surface area (TPSA) is 78.9 Å². The van der Waals surface area contributed by atoms with Crippen molar-refractivity contribution in [3.8, 4) is 0 Å². The monoisotopic (exact) mass is 975 g/mol. The number of rotatable bonds is 57. The Hall–Kier alpha value is -1.59. The molecule has 6 heteroatoms. The number of carbonyl (C=O) groups is 3. The summed E-state index contributed by atoms with van der Waals surface area (Å²) in [7, 11) is 0. The molecule has 0 aliphatic carbocycles. The predicted octanol–water partition coefficient (Wildman–Crippen LogP) is 20.8. The average molecular weight is 976 g/mol. The van der Waals surface area contributed by atoms with E-state index in [9.17, 15) is 14.4 Å². The number of ether oxygens (including phenoxy) is 3. The Morgan fingerprint density at radius 1 is 0.275 bits per heavy atom. The largest absolute Gasteiger partial charge is 0.462 e. The lowest BCUT2D eigenvalue weighted by Crippen LogP contribution is -2.30. The highest BCUT2D eigenvalue weighted by Crippen LogP contribution is 2.19. The molecule has 0 aliphatic heterocycles. The molecule has 0 saturated heterocycles. The number of unbranched alkanes of at least 4 members (excludes halogenated alkanes) is 42. The van der Waals surface area contributed by atoms with Crippen LogP contribution in [0.2, 0.25) is 0 Å². The maximum absolute atomic E-state index is 12.8. The summed E-state index contributed by atoms with van der Waals surface area (Å²) in [6, 6.07) is 0. The third-order valence-electron chi connectivity index (χ3n) is 14.5. The fourth-order valence-corrected chi connectivity index (χ4v) is 9.76. The summed E-state index contributed by atoms with van der Waals surface area (Å²) >= 11 is 0. The van der Waals surface area contributed by atoms with Crippen LogP contribution in [-0.4, -0.2) is 37.2 Å². The van der Waals surface area contributed by atoms with Crippen molar-refractivity contribution < 1.29 is 28.6 Å². The summed E-state index contributed by atoms with van der Waals surface area (Å²) in [6.45, 7) is 11.4. The molecular weight excluding hydrogens is 853 g/mol. The molecule has 0 N–H and O–H groups in total. The smallest absolute Gasteiger partial charge is 0.306 e. The number of carbonyl (C=O) groups excluding carboxylic acids is 3. The fraction of sp³-hybridized carbons (Fsp3) is 0.952. The second-order valence-electron chi connectivity index (χ2n) is 22.6. The molecule has 0 amide bonds. The van der Waals surface area contributed by atoms with Gasteiger partial charge in [-0.15, -0.1) is 0 Å². The maximum Gasteiger partial charge on any atom is 0.306 e. The highest BCUT2D eigenvalue weighted by atomic mass is 16.6. The van der Waals surface area contributed by atoms with Gasteiger partial charge in [-0.3, -0.25) is 14.4 Å². The Balaban J connectivity index is 4.19. The van der Waals surface area contributed by atoms with Crippen molar-refractivity contribution in [1.29, 1.82) is 0 Å². The van der Waals surface area contributed by atoms with E-state index < -0.39 is 6.10 Å². The zero-order valence-corrected chi connectivity index (χ0v) is 47.5. The lowest BCUT2D eigenvalue weighted by atomic mass is 10.0. The summed E-state index contributed by atoms with van der Waals surface area (Å²) in [5.74, 6) is 0.878. The lowest BCUT2D eigenvalue weighted by Gasteiger charge is -2.18. The molecule has 6 nitrogen and oxygen atoms in total. The van der Waals surface area contributed by atoms with E-state index in [0.717, 1.165) is 69.6 Å². The van der Waals surface area contributed by atoms with Crippen LogP contribution in [0.25, 0.3) is 0 Å². The van der Waals surface area contributed by atoms with Crippen molar-refractivity contribution in [2.75, 3.05) is 13.2 Å². The highest BCUT2D eigenvalue weighted by Gasteiger charge is 2.19. The number of hydrogen-bond acceptors (Lipinski definition) is 6. The minimum absolute atomic E-state index is 0.0620. The van der Waals surface area contributed by atoms with E-state index >= 15 is 0 Å². The molecule has 1 atom stereocenters. The van der Waals surface area contributed by atoms with Crippen molar-refractivity contribution in [3.05, 3.63) is 0 Å². The standard InChI is InChI=1S/C63H122O6/c1-6-7-8-9-10-11-26-35-40-45-50-55-63(66)69-60(57-68-62(65)54-49-44-39-34-30-25-21-17-16-19-23-28-32-37-42-47-52-59(4)5)56-67-61(64)53-48-43-38-33-29-24-20-15-13-12-14-18-22-27-31-36-41-46-51-58(2)3/h58-60H,6-57H2,1-5H3/t60-/m1/s1. The van der Waals surface area contributed by atoms with Gasteiger partial charge in [0.1, 0.15) is 13.2 Å². The summed E-state index contributed by atoms with van der Waals surface area (Å²) in [5.41, 5.74) is 0. The molecular formula is C63H122O6. The first-order valence-corrected chi connectivity index (χ1v) is 31.2. The number of hydrogen-bond donors (Lipinski definition) is 0. The van der Waals surface area contributed by atoms with Crippen LogP contribution in [0.15, 0.2) is 0 Å². The predicted molar refractivity (Wildman–Crippen MR) is 298 cm³/mol. The summed E-state index contributed by atoms with van der Waals surface area (Å²) in [4.78, 5) is 38.2. The van der Waals surface area contributed by atoms with Gasteiger partial charge < -0.3 is 14.2 Å². The van der Waals surface area contributed by atoms with Crippen molar-refractivity contribution in [2.24, 2.45) is 11.8 Å². The normalized spacial score (nSPS) is 12.0. The van der Waals surface area contributed by atoms with Crippen LogP contribution in [0, 0.1) is 11.8 Å². The molecule has 0 spiro atoms.